The fourth-order valence-corrected chi connectivity index (χ4v) is 2.41. The summed E-state index contributed by atoms with van der Waals surface area (Å²) in [6.07, 6.45) is 0. The molecular formula is C15H15Cl2N2O5P. The summed E-state index contributed by atoms with van der Waals surface area (Å²) in [5.41, 5.74) is 1.31. The van der Waals surface area contributed by atoms with Gasteiger partial charge >= 0.3 is 8.60 Å². The van der Waals surface area contributed by atoms with Gasteiger partial charge in [0.2, 0.25) is 0 Å². The predicted molar refractivity (Wildman–Crippen MR) is 98.3 cm³/mol. The largest absolute Gasteiger partial charge is 0.495 e. The Hall–Kier alpha value is -1.60. The molecule has 0 spiro atoms. The lowest BCUT2D eigenvalue weighted by Crippen LogP contribution is -2.13. The average molecular weight is 405 g/mol. The highest BCUT2D eigenvalue weighted by atomic mass is 35.5. The highest BCUT2D eigenvalue weighted by Crippen LogP contribution is 2.29. The summed E-state index contributed by atoms with van der Waals surface area (Å²) >= 11 is 11.8. The maximum atomic E-state index is 12.4. The number of hydrogen-bond donors (Lipinski definition) is 4. The minimum atomic E-state index is -2.48. The number of carbonyl (C=O) groups excluding carboxylic acids is 1. The molecule has 2 aromatic rings. The van der Waals surface area contributed by atoms with Gasteiger partial charge in [-0.1, -0.05) is 23.2 Å². The van der Waals surface area contributed by atoms with Gasteiger partial charge in [0.15, 0.2) is 0 Å². The van der Waals surface area contributed by atoms with E-state index in [1.165, 1.54) is 7.11 Å². The number of ether oxygens (including phenoxy) is 1. The van der Waals surface area contributed by atoms with Gasteiger partial charge in [0, 0.05) is 11.3 Å². The molecule has 0 aliphatic heterocycles. The lowest BCUT2D eigenvalue weighted by Gasteiger charge is -2.13. The van der Waals surface area contributed by atoms with E-state index in [-0.39, 0.29) is 12.6 Å². The van der Waals surface area contributed by atoms with Crippen LogP contribution in [0.4, 0.5) is 11.4 Å². The van der Waals surface area contributed by atoms with E-state index < -0.39 is 8.60 Å². The molecule has 0 saturated heterocycles. The van der Waals surface area contributed by atoms with Crippen LogP contribution in [0.2, 0.25) is 10.0 Å². The van der Waals surface area contributed by atoms with Crippen LogP contribution in [0.15, 0.2) is 36.4 Å². The van der Waals surface area contributed by atoms with Gasteiger partial charge in [-0.3, -0.25) is 9.32 Å². The van der Waals surface area contributed by atoms with E-state index in [1.54, 1.807) is 36.4 Å². The smallest absolute Gasteiger partial charge is 0.328 e. The lowest BCUT2D eigenvalue weighted by molar-refractivity contribution is 0.102. The molecule has 0 atom stereocenters. The number of carbonyl (C=O) groups is 1. The lowest BCUT2D eigenvalue weighted by atomic mass is 10.1. The Kier molecular flexibility index (Phi) is 7.25. The standard InChI is InChI=1S/C15H15Cl2N2O5P/c1-23-14-5-2-9(6-13(14)18-8-24-25(21)22)15(20)19-10-3-4-11(16)12(17)7-10/h2-7,18,21-22H,8H2,1H3,(H,19,20). The van der Waals surface area contributed by atoms with Crippen LogP contribution in [0.5, 0.6) is 5.75 Å². The molecule has 0 unspecified atom stereocenters. The molecule has 1 amide bonds. The van der Waals surface area contributed by atoms with Crippen LogP contribution in [0.25, 0.3) is 0 Å². The second-order valence-electron chi connectivity index (χ2n) is 4.70. The first-order chi connectivity index (χ1) is 11.9. The summed E-state index contributed by atoms with van der Waals surface area (Å²) in [7, 11) is -1.00. The summed E-state index contributed by atoms with van der Waals surface area (Å²) in [6, 6.07) is 9.50. The third-order valence-electron chi connectivity index (χ3n) is 3.08. The minimum Gasteiger partial charge on any atom is -0.495 e. The molecule has 0 fully saturated rings. The first-order valence-corrected chi connectivity index (χ1v) is 8.82. The van der Waals surface area contributed by atoms with Crippen molar-refractivity contribution < 1.29 is 23.8 Å². The normalized spacial score (nSPS) is 10.6. The Morgan fingerprint density at radius 3 is 2.56 bits per heavy atom. The summed E-state index contributed by atoms with van der Waals surface area (Å²) in [5, 5.41) is 6.23. The molecule has 0 saturated carbocycles. The molecule has 0 heterocycles. The van der Waals surface area contributed by atoms with Crippen molar-refractivity contribution in [1.82, 2.24) is 0 Å². The molecule has 0 radical (unpaired) electrons. The van der Waals surface area contributed by atoms with Crippen molar-refractivity contribution in [2.45, 2.75) is 0 Å². The third-order valence-corrected chi connectivity index (χ3v) is 4.18. The van der Waals surface area contributed by atoms with E-state index in [9.17, 15) is 4.79 Å². The zero-order chi connectivity index (χ0) is 18.4. The van der Waals surface area contributed by atoms with Crippen LogP contribution in [-0.2, 0) is 4.52 Å². The molecule has 25 heavy (non-hydrogen) atoms. The Bertz CT molecular complexity index is 761. The zero-order valence-corrected chi connectivity index (χ0v) is 15.4. The van der Waals surface area contributed by atoms with Crippen molar-refractivity contribution in [2.24, 2.45) is 0 Å². The monoisotopic (exact) mass is 404 g/mol. The van der Waals surface area contributed by atoms with Crippen LogP contribution in [0.1, 0.15) is 10.4 Å². The number of rotatable bonds is 7. The van der Waals surface area contributed by atoms with Gasteiger partial charge in [-0.05, 0) is 36.4 Å². The number of amides is 1. The zero-order valence-electron chi connectivity index (χ0n) is 13.0. The second kappa shape index (κ2) is 9.20. The Morgan fingerprint density at radius 1 is 1.16 bits per heavy atom. The van der Waals surface area contributed by atoms with Crippen LogP contribution in [-0.4, -0.2) is 29.5 Å². The average Bonchev–Trinajstić information content (AvgIpc) is 2.57. The fourth-order valence-electron chi connectivity index (χ4n) is 1.93. The highest BCUT2D eigenvalue weighted by Gasteiger charge is 2.12. The summed E-state index contributed by atoms with van der Waals surface area (Å²) < 4.78 is 9.83. The van der Waals surface area contributed by atoms with Crippen molar-refractivity contribution in [2.75, 3.05) is 24.5 Å². The van der Waals surface area contributed by atoms with Crippen molar-refractivity contribution in [3.8, 4) is 5.75 Å². The molecule has 0 bridgehead atoms. The van der Waals surface area contributed by atoms with Crippen molar-refractivity contribution in [1.29, 1.82) is 0 Å². The van der Waals surface area contributed by atoms with Crippen LogP contribution in [0, 0.1) is 0 Å². The molecule has 4 N–H and O–H groups in total. The van der Waals surface area contributed by atoms with Gasteiger partial charge < -0.3 is 25.2 Å². The molecule has 2 aromatic carbocycles. The molecule has 0 aliphatic carbocycles. The topological polar surface area (TPSA) is 100 Å². The van der Waals surface area contributed by atoms with Crippen molar-refractivity contribution in [3.05, 3.63) is 52.0 Å². The Morgan fingerprint density at radius 2 is 1.92 bits per heavy atom. The van der Waals surface area contributed by atoms with E-state index >= 15 is 0 Å². The molecular weight excluding hydrogens is 390 g/mol. The summed E-state index contributed by atoms with van der Waals surface area (Å²) in [6.45, 7) is -0.160. The third kappa shape index (κ3) is 5.71. The van der Waals surface area contributed by atoms with Crippen LogP contribution >= 0.6 is 31.8 Å². The van der Waals surface area contributed by atoms with E-state index in [0.717, 1.165) is 0 Å². The highest BCUT2D eigenvalue weighted by molar-refractivity contribution is 7.39. The first-order valence-electron chi connectivity index (χ1n) is 6.90. The number of halogens is 2. The van der Waals surface area contributed by atoms with Gasteiger partial charge in [0.05, 0.1) is 22.8 Å². The van der Waals surface area contributed by atoms with Gasteiger partial charge in [0.25, 0.3) is 5.91 Å². The summed E-state index contributed by atoms with van der Waals surface area (Å²) in [5.74, 6) is 0.103. The predicted octanol–water partition coefficient (Wildman–Crippen LogP) is 3.85. The second-order valence-corrected chi connectivity index (χ2v) is 6.28. The van der Waals surface area contributed by atoms with E-state index in [1.807, 2.05) is 0 Å². The number of benzene rings is 2. The van der Waals surface area contributed by atoms with Crippen molar-refractivity contribution in [3.63, 3.8) is 0 Å². The molecule has 10 heteroatoms. The number of nitrogens with one attached hydrogen (secondary N) is 2. The van der Waals surface area contributed by atoms with Gasteiger partial charge in [-0.25, -0.2) is 0 Å². The van der Waals surface area contributed by atoms with Gasteiger partial charge in [0.1, 0.15) is 12.5 Å². The quantitative estimate of drug-likeness (QED) is 0.413. The fraction of sp³-hybridized carbons (Fsp3) is 0.133. The summed E-state index contributed by atoms with van der Waals surface area (Å²) in [4.78, 5) is 29.9. The molecule has 134 valence electrons. The van der Waals surface area contributed by atoms with Gasteiger partial charge in [-0.2, -0.15) is 0 Å². The van der Waals surface area contributed by atoms with Gasteiger partial charge in [-0.15, -0.1) is 0 Å². The van der Waals surface area contributed by atoms with E-state index in [4.69, 9.17) is 37.7 Å². The number of hydrogen-bond acceptors (Lipinski definition) is 6. The molecule has 7 nitrogen and oxygen atoms in total. The minimum absolute atomic E-state index is 0.160. The Balaban J connectivity index is 2.14. The SMILES string of the molecule is COc1ccc(C(=O)Nc2ccc(Cl)c(Cl)c2)cc1NCOP(O)O. The molecule has 0 aliphatic rings. The maximum absolute atomic E-state index is 12.4. The molecule has 2 rings (SSSR count). The van der Waals surface area contributed by atoms with Crippen LogP contribution in [0.3, 0.4) is 0 Å². The maximum Gasteiger partial charge on any atom is 0.328 e. The first kappa shape index (κ1) is 19.7. The van der Waals surface area contributed by atoms with Crippen molar-refractivity contribution >= 4 is 49.1 Å². The number of methoxy groups -OCH3 is 1. The van der Waals surface area contributed by atoms with Crippen LogP contribution < -0.4 is 15.4 Å². The number of anilines is 2. The van der Waals surface area contributed by atoms with E-state index in [0.29, 0.717) is 32.7 Å². The Labute approximate surface area is 155 Å². The molecule has 0 aromatic heterocycles. The van der Waals surface area contributed by atoms with E-state index in [2.05, 4.69) is 15.2 Å².